The van der Waals surface area contributed by atoms with Crippen molar-refractivity contribution in [2.75, 3.05) is 26.4 Å². The highest BCUT2D eigenvalue weighted by molar-refractivity contribution is 5.83. The summed E-state index contributed by atoms with van der Waals surface area (Å²) in [5.41, 5.74) is 4.30. The van der Waals surface area contributed by atoms with E-state index < -0.39 is 60.0 Å². The number of nitrogens with one attached hydrogen (secondary N) is 2. The van der Waals surface area contributed by atoms with E-state index in [1.807, 2.05) is 48.5 Å². The molecule has 2 aromatic carbocycles. The number of benzene rings is 2. The molecule has 12 nitrogen and oxygen atoms in total. The number of carbonyl (C=O) groups is 3. The number of esters is 1. The van der Waals surface area contributed by atoms with Crippen LogP contribution in [0.15, 0.2) is 61.2 Å². The third-order valence-corrected chi connectivity index (χ3v) is 8.37. The predicted octanol–water partition coefficient (Wildman–Crippen LogP) is 3.55. The van der Waals surface area contributed by atoms with Crippen molar-refractivity contribution in [1.82, 2.24) is 10.6 Å². The molecule has 2 aromatic rings. The summed E-state index contributed by atoms with van der Waals surface area (Å²) >= 11 is 0. The van der Waals surface area contributed by atoms with Crippen molar-refractivity contribution in [3.63, 3.8) is 0 Å². The van der Waals surface area contributed by atoms with Crippen molar-refractivity contribution >= 4 is 18.0 Å². The molecule has 1 aliphatic carbocycles. The Balaban J connectivity index is 1.13. The van der Waals surface area contributed by atoms with E-state index in [1.165, 1.54) is 6.08 Å². The van der Waals surface area contributed by atoms with Gasteiger partial charge in [0, 0.05) is 18.9 Å². The molecule has 0 bridgehead atoms. The van der Waals surface area contributed by atoms with Crippen LogP contribution in [0.25, 0.3) is 11.1 Å². The average molecular weight is 653 g/mol. The molecule has 254 valence electrons. The maximum atomic E-state index is 12.9. The summed E-state index contributed by atoms with van der Waals surface area (Å²) in [4.78, 5) is 38.5. The number of aliphatic hydroxyl groups excluding tert-OH is 1. The van der Waals surface area contributed by atoms with Crippen LogP contribution in [0.1, 0.15) is 57.6 Å². The van der Waals surface area contributed by atoms with Crippen LogP contribution < -0.4 is 10.6 Å². The van der Waals surface area contributed by atoms with Crippen molar-refractivity contribution in [3.8, 4) is 11.1 Å². The van der Waals surface area contributed by atoms with Crippen LogP contribution in [0.3, 0.4) is 0 Å². The number of alkyl carbamates (subject to hydrolysis) is 1. The van der Waals surface area contributed by atoms with Gasteiger partial charge in [0.05, 0.1) is 6.61 Å². The molecule has 0 radical (unpaired) electrons. The standard InChI is InChI=1S/C35H44N2O10/c1-6-17-42-32(40)26(37-33(41)43-19-25-23-13-9-7-11-21(23)22-12-8-10-14-24(22)25)15-16-29(39)36-18-27(38)30-31(47-35(4,5)46-30)28-20-44-34(2,3)45-28/h6-14,25-28,30-31,38H,1,15-20H2,2-5H3,(H,36,39)(H,37,41)/t26-,27-,28+,30+,31+/m0/s1. The number of amides is 2. The minimum absolute atomic E-state index is 0.0615. The van der Waals surface area contributed by atoms with E-state index in [1.54, 1.807) is 27.7 Å². The summed E-state index contributed by atoms with van der Waals surface area (Å²) in [5, 5.41) is 16.2. The Morgan fingerprint density at radius 2 is 1.64 bits per heavy atom. The predicted molar refractivity (Wildman–Crippen MR) is 170 cm³/mol. The lowest BCUT2D eigenvalue weighted by Gasteiger charge is -2.26. The largest absolute Gasteiger partial charge is 0.460 e. The summed E-state index contributed by atoms with van der Waals surface area (Å²) in [6.07, 6.45) is -2.61. The molecule has 0 unspecified atom stereocenters. The molecular formula is C35H44N2O10. The fourth-order valence-electron chi connectivity index (χ4n) is 6.25. The van der Waals surface area contributed by atoms with Crippen LogP contribution in [0, 0.1) is 0 Å². The van der Waals surface area contributed by atoms with E-state index >= 15 is 0 Å². The molecule has 2 saturated heterocycles. The maximum Gasteiger partial charge on any atom is 0.407 e. The molecule has 3 N–H and O–H groups in total. The lowest BCUT2D eigenvalue weighted by molar-refractivity contribution is -0.175. The first-order chi connectivity index (χ1) is 22.4. The lowest BCUT2D eigenvalue weighted by Crippen LogP contribution is -2.48. The normalized spacial score (nSPS) is 23.6. The van der Waals surface area contributed by atoms with Crippen molar-refractivity contribution < 1.29 is 47.9 Å². The molecule has 2 amide bonds. The van der Waals surface area contributed by atoms with E-state index in [2.05, 4.69) is 17.2 Å². The molecular weight excluding hydrogens is 608 g/mol. The molecule has 3 aliphatic rings. The van der Waals surface area contributed by atoms with Gasteiger partial charge in [0.2, 0.25) is 5.91 Å². The van der Waals surface area contributed by atoms with Gasteiger partial charge in [-0.05, 0) is 56.4 Å². The summed E-state index contributed by atoms with van der Waals surface area (Å²) in [7, 11) is 0. The highest BCUT2D eigenvalue weighted by Gasteiger charge is 2.52. The number of fused-ring (bicyclic) bond motifs is 3. The number of aliphatic hydroxyl groups is 1. The Labute approximate surface area is 274 Å². The maximum absolute atomic E-state index is 12.9. The van der Waals surface area contributed by atoms with Crippen LogP contribution in [0.4, 0.5) is 4.79 Å². The Morgan fingerprint density at radius 3 is 2.26 bits per heavy atom. The zero-order valence-corrected chi connectivity index (χ0v) is 27.2. The van der Waals surface area contributed by atoms with Crippen LogP contribution in [-0.4, -0.2) is 91.5 Å². The monoisotopic (exact) mass is 652 g/mol. The van der Waals surface area contributed by atoms with Gasteiger partial charge in [-0.1, -0.05) is 61.2 Å². The number of carbonyl (C=O) groups excluding carboxylic acids is 3. The molecule has 0 saturated carbocycles. The molecule has 5 rings (SSSR count). The van der Waals surface area contributed by atoms with E-state index in [0.717, 1.165) is 22.3 Å². The summed E-state index contributed by atoms with van der Waals surface area (Å²) < 4.78 is 34.3. The molecule has 2 heterocycles. The second-order valence-corrected chi connectivity index (χ2v) is 12.8. The summed E-state index contributed by atoms with van der Waals surface area (Å²) in [5.74, 6) is -3.09. The van der Waals surface area contributed by atoms with Crippen molar-refractivity contribution in [2.45, 2.75) is 88.5 Å². The second kappa shape index (κ2) is 14.5. The van der Waals surface area contributed by atoms with Crippen LogP contribution in [0.2, 0.25) is 0 Å². The molecule has 47 heavy (non-hydrogen) atoms. The SMILES string of the molecule is C=CCOC(=O)[C@H](CCC(=O)NC[C@H](O)[C@H]1OC(C)(C)O[C@@H]1[C@H]1COC(C)(C)O1)NC(=O)OCC1c2ccccc2-c2ccccc21. The Morgan fingerprint density at radius 1 is 0.979 bits per heavy atom. The minimum Gasteiger partial charge on any atom is -0.460 e. The number of ether oxygens (including phenoxy) is 6. The lowest BCUT2D eigenvalue weighted by atomic mass is 9.98. The zero-order chi connectivity index (χ0) is 33.8. The fourth-order valence-corrected chi connectivity index (χ4v) is 6.25. The first-order valence-corrected chi connectivity index (χ1v) is 15.9. The Hall–Kier alpha value is -3.81. The molecule has 12 heteroatoms. The number of hydrogen-bond donors (Lipinski definition) is 3. The van der Waals surface area contributed by atoms with Gasteiger partial charge >= 0.3 is 12.1 Å². The van der Waals surface area contributed by atoms with E-state index in [-0.39, 0.29) is 45.1 Å². The number of rotatable bonds is 13. The first-order valence-electron chi connectivity index (χ1n) is 15.9. The molecule has 2 aliphatic heterocycles. The van der Waals surface area contributed by atoms with Gasteiger partial charge in [-0.3, -0.25) is 4.79 Å². The Bertz CT molecular complexity index is 1410. The first kappa shape index (κ1) is 34.5. The van der Waals surface area contributed by atoms with Gasteiger partial charge in [0.25, 0.3) is 0 Å². The minimum atomic E-state index is -1.15. The van der Waals surface area contributed by atoms with Crippen LogP contribution >= 0.6 is 0 Å². The highest BCUT2D eigenvalue weighted by Crippen LogP contribution is 2.44. The topological polar surface area (TPSA) is 151 Å². The van der Waals surface area contributed by atoms with Gasteiger partial charge in [0.15, 0.2) is 11.6 Å². The van der Waals surface area contributed by atoms with Crippen LogP contribution in [-0.2, 0) is 38.0 Å². The van der Waals surface area contributed by atoms with E-state index in [4.69, 9.17) is 28.4 Å². The average Bonchev–Trinajstić information content (AvgIpc) is 3.69. The van der Waals surface area contributed by atoms with Gasteiger partial charge < -0.3 is 44.2 Å². The van der Waals surface area contributed by atoms with Gasteiger partial charge in [-0.2, -0.15) is 0 Å². The molecule has 0 spiro atoms. The van der Waals surface area contributed by atoms with Crippen molar-refractivity contribution in [1.29, 1.82) is 0 Å². The van der Waals surface area contributed by atoms with Crippen LogP contribution in [0.5, 0.6) is 0 Å². The van der Waals surface area contributed by atoms with E-state index in [0.29, 0.717) is 0 Å². The summed E-state index contributed by atoms with van der Waals surface area (Å²) in [6, 6.07) is 14.8. The highest BCUT2D eigenvalue weighted by atomic mass is 16.8. The van der Waals surface area contributed by atoms with Gasteiger partial charge in [-0.15, -0.1) is 0 Å². The van der Waals surface area contributed by atoms with E-state index in [9.17, 15) is 19.5 Å². The third-order valence-electron chi connectivity index (χ3n) is 8.37. The van der Waals surface area contributed by atoms with Crippen molar-refractivity contribution in [3.05, 3.63) is 72.3 Å². The molecule has 2 fully saturated rings. The second-order valence-electron chi connectivity index (χ2n) is 12.8. The Kier molecular flexibility index (Phi) is 10.7. The third kappa shape index (κ3) is 8.38. The fraction of sp³-hybridized carbons (Fsp3) is 0.514. The molecule has 0 aromatic heterocycles. The zero-order valence-electron chi connectivity index (χ0n) is 27.2. The van der Waals surface area contributed by atoms with Gasteiger partial charge in [-0.25, -0.2) is 9.59 Å². The quantitative estimate of drug-likeness (QED) is 0.217. The molecule has 5 atom stereocenters. The summed E-state index contributed by atoms with van der Waals surface area (Å²) in [6.45, 7) is 10.7. The van der Waals surface area contributed by atoms with Crippen molar-refractivity contribution in [2.24, 2.45) is 0 Å². The smallest absolute Gasteiger partial charge is 0.407 e. The number of hydrogen-bond acceptors (Lipinski definition) is 10. The van der Waals surface area contributed by atoms with Gasteiger partial charge in [0.1, 0.15) is 43.7 Å².